The molecule has 0 N–H and O–H groups in total. The van der Waals surface area contributed by atoms with E-state index in [0.29, 0.717) is 0 Å². The molecule has 2 nitrogen and oxygen atoms in total. The van der Waals surface area contributed by atoms with E-state index in [-0.39, 0.29) is 0 Å². The van der Waals surface area contributed by atoms with E-state index in [1.807, 2.05) is 0 Å². The summed E-state index contributed by atoms with van der Waals surface area (Å²) in [7, 11) is 0. The molecule has 0 aromatic rings. The molecule has 0 unspecified atom stereocenters. The van der Waals surface area contributed by atoms with Gasteiger partial charge in [0.1, 0.15) is 0 Å². The van der Waals surface area contributed by atoms with Crippen LogP contribution < -0.4 is 0 Å². The Bertz CT molecular complexity index is 380. The van der Waals surface area contributed by atoms with Gasteiger partial charge in [-0.3, -0.25) is 0 Å². The molecule has 25 heavy (non-hydrogen) atoms. The van der Waals surface area contributed by atoms with Crippen molar-refractivity contribution in [1.29, 1.82) is 0 Å². The molecule has 0 bridgehead atoms. The molecular formula is C20H35Bi3O2. The SMILES string of the molecule is C1C[CH]([Bi]([O][Bi]([CH]2CCC2)[CH]2CCC2)[O][Bi]([CH]2CCC2)[CH]2CCC2)C1. The van der Waals surface area contributed by atoms with Crippen LogP contribution in [0.5, 0.6) is 0 Å². The van der Waals surface area contributed by atoms with E-state index in [4.69, 9.17) is 1.78 Å². The zero-order chi connectivity index (χ0) is 16.6. The Morgan fingerprint density at radius 1 is 0.400 bits per heavy atom. The maximum atomic E-state index is 7.37. The predicted molar refractivity (Wildman–Crippen MR) is 107 cm³/mol. The van der Waals surface area contributed by atoms with Gasteiger partial charge in [0.2, 0.25) is 0 Å². The molecule has 0 aliphatic heterocycles. The summed E-state index contributed by atoms with van der Waals surface area (Å²) in [5.74, 6) is 0. The van der Waals surface area contributed by atoms with Crippen LogP contribution in [0.25, 0.3) is 0 Å². The summed E-state index contributed by atoms with van der Waals surface area (Å²) < 4.78 is 20.2. The molecule has 142 valence electrons. The first-order chi connectivity index (χ1) is 12.4. The first-order valence-electron chi connectivity index (χ1n) is 11.1. The van der Waals surface area contributed by atoms with Crippen molar-refractivity contribution in [2.45, 2.75) is 114 Å². The molecule has 0 aromatic carbocycles. The van der Waals surface area contributed by atoms with Crippen molar-refractivity contribution in [2.75, 3.05) is 0 Å². The van der Waals surface area contributed by atoms with E-state index in [1.54, 1.807) is 51.4 Å². The van der Waals surface area contributed by atoms with Crippen LogP contribution in [0.3, 0.4) is 0 Å². The van der Waals surface area contributed by atoms with Crippen molar-refractivity contribution in [1.82, 2.24) is 0 Å². The fourth-order valence-corrected chi connectivity index (χ4v) is 80.2. The minimum atomic E-state index is -2.08. The molecule has 5 heteroatoms. The molecular weight excluding hydrogens is 899 g/mol. The second kappa shape index (κ2) is 9.15. The second-order valence-corrected chi connectivity index (χ2v) is 43.5. The normalized spacial score (nSPS) is 29.4. The number of rotatable bonds is 9. The molecule has 0 radical (unpaired) electrons. The van der Waals surface area contributed by atoms with Gasteiger partial charge >= 0.3 is 183 Å². The van der Waals surface area contributed by atoms with Crippen molar-refractivity contribution >= 4 is 67.0 Å². The molecule has 0 amide bonds. The van der Waals surface area contributed by atoms with Gasteiger partial charge in [-0.05, 0) is 0 Å². The van der Waals surface area contributed by atoms with Crippen LogP contribution in [0.15, 0.2) is 0 Å². The second-order valence-electron chi connectivity index (χ2n) is 9.09. The van der Waals surface area contributed by atoms with Crippen molar-refractivity contribution in [3.63, 3.8) is 0 Å². The molecule has 5 aliphatic rings. The first-order valence-corrected chi connectivity index (χ1v) is 26.8. The molecule has 5 rings (SSSR count). The fraction of sp³-hybridized carbons (Fsp3) is 1.00. The summed E-state index contributed by atoms with van der Waals surface area (Å²) in [5.41, 5.74) is 0. The van der Waals surface area contributed by atoms with E-state index >= 15 is 0 Å². The van der Waals surface area contributed by atoms with E-state index in [2.05, 4.69) is 0 Å². The summed E-state index contributed by atoms with van der Waals surface area (Å²) in [5, 5.41) is 0. The van der Waals surface area contributed by atoms with Crippen LogP contribution >= 0.6 is 0 Å². The Labute approximate surface area is 181 Å². The van der Waals surface area contributed by atoms with E-state index in [1.165, 1.54) is 44.9 Å². The number of hydrogen-bond donors (Lipinski definition) is 0. The monoisotopic (exact) mass is 934 g/mol. The van der Waals surface area contributed by atoms with Crippen LogP contribution in [0.2, 0.25) is 18.1 Å². The van der Waals surface area contributed by atoms with Gasteiger partial charge in [0.05, 0.1) is 0 Å². The van der Waals surface area contributed by atoms with Gasteiger partial charge < -0.3 is 0 Å². The molecule has 0 aromatic heterocycles. The Kier molecular flexibility index (Phi) is 7.15. The van der Waals surface area contributed by atoms with Gasteiger partial charge in [0, 0.05) is 0 Å². The Hall–Kier alpha value is 2.57. The predicted octanol–water partition coefficient (Wildman–Crippen LogP) is 6.26. The quantitative estimate of drug-likeness (QED) is 0.255. The molecule has 0 heterocycles. The van der Waals surface area contributed by atoms with Gasteiger partial charge in [0.25, 0.3) is 0 Å². The van der Waals surface area contributed by atoms with Gasteiger partial charge in [-0.25, -0.2) is 0 Å². The van der Waals surface area contributed by atoms with Gasteiger partial charge in [-0.1, -0.05) is 0 Å². The summed E-state index contributed by atoms with van der Waals surface area (Å²) in [6.45, 7) is 0. The van der Waals surface area contributed by atoms with Gasteiger partial charge in [0.15, 0.2) is 0 Å². The molecule has 0 spiro atoms. The first kappa shape index (κ1) is 19.5. The summed E-state index contributed by atoms with van der Waals surface area (Å²) in [4.78, 5) is 0. The minimum absolute atomic E-state index is 1.00. The van der Waals surface area contributed by atoms with Crippen molar-refractivity contribution in [3.8, 4) is 0 Å². The van der Waals surface area contributed by atoms with Crippen LogP contribution in [0.1, 0.15) is 96.3 Å². The molecule has 5 aliphatic carbocycles. The molecule has 0 saturated heterocycles. The van der Waals surface area contributed by atoms with Crippen molar-refractivity contribution < 1.29 is 1.78 Å². The Morgan fingerprint density at radius 3 is 0.880 bits per heavy atom. The summed E-state index contributed by atoms with van der Waals surface area (Å²) >= 11 is -5.47. The zero-order valence-corrected chi connectivity index (χ0v) is 26.1. The standard InChI is InChI=1S/5C4H7.3Bi.2O/c5*1-2-4-3-1;;;;;/h5*1H,2-4H2;;;;;. The molecule has 5 saturated carbocycles. The van der Waals surface area contributed by atoms with Crippen LogP contribution in [0, 0.1) is 0 Å². The third-order valence-corrected chi connectivity index (χ3v) is 57.6. The third-order valence-electron chi connectivity index (χ3n) is 7.46. The Morgan fingerprint density at radius 2 is 0.680 bits per heavy atom. The van der Waals surface area contributed by atoms with Crippen LogP contribution in [-0.4, -0.2) is 67.0 Å². The third kappa shape index (κ3) is 4.37. The average Bonchev–Trinajstić information content (AvgIpc) is 2.27. The van der Waals surface area contributed by atoms with Crippen LogP contribution in [-0.2, 0) is 1.78 Å². The number of hydrogen-bond acceptors (Lipinski definition) is 2. The van der Waals surface area contributed by atoms with Crippen molar-refractivity contribution in [3.05, 3.63) is 0 Å². The van der Waals surface area contributed by atoms with E-state index in [0.717, 1.165) is 18.1 Å². The molecule has 0 atom stereocenters. The Balaban J connectivity index is 1.26. The summed E-state index contributed by atoms with van der Waals surface area (Å²) in [6.07, 6.45) is 22.9. The zero-order valence-electron chi connectivity index (χ0n) is 15.7. The van der Waals surface area contributed by atoms with Gasteiger partial charge in [-0.2, -0.15) is 0 Å². The fourth-order valence-electron chi connectivity index (χ4n) is 4.36. The maximum absolute atomic E-state index is 7.37. The summed E-state index contributed by atoms with van der Waals surface area (Å²) in [6, 6.07) is 0. The van der Waals surface area contributed by atoms with Crippen LogP contribution in [0.4, 0.5) is 0 Å². The van der Waals surface area contributed by atoms with E-state index in [9.17, 15) is 0 Å². The topological polar surface area (TPSA) is 18.5 Å². The average molecular weight is 934 g/mol. The van der Waals surface area contributed by atoms with Crippen molar-refractivity contribution in [2.24, 2.45) is 0 Å². The van der Waals surface area contributed by atoms with E-state index < -0.39 is 67.0 Å². The van der Waals surface area contributed by atoms with Gasteiger partial charge in [-0.15, -0.1) is 0 Å². The molecule has 5 fully saturated rings.